The SMILES string of the molecule is CCN(CC)C(CNC(=O)c1cc(F)cc2[nH]c(=S)[nH]c12)c1cccc(OC)c1. The molecule has 0 aliphatic carbocycles. The summed E-state index contributed by atoms with van der Waals surface area (Å²) in [4.78, 5) is 20.9. The number of aromatic nitrogens is 2. The number of fused-ring (bicyclic) bond motifs is 1. The lowest BCUT2D eigenvalue weighted by atomic mass is 10.0. The standard InChI is InChI=1S/C21H25FN4O2S/c1-4-26(5-2)18(13-7-6-8-15(9-13)28-3)12-23-20(27)16-10-14(22)11-17-19(16)25-21(29)24-17/h6-11,18H,4-5,12H2,1-3H3,(H,23,27)(H2,24,25,29). The second kappa shape index (κ2) is 9.19. The molecular formula is C21H25FN4O2S. The Balaban J connectivity index is 1.87. The Labute approximate surface area is 174 Å². The molecule has 0 bridgehead atoms. The number of rotatable bonds is 8. The van der Waals surface area contributed by atoms with Gasteiger partial charge in [0.25, 0.3) is 5.91 Å². The maximum absolute atomic E-state index is 14.0. The first-order valence-corrected chi connectivity index (χ1v) is 9.95. The van der Waals surface area contributed by atoms with Gasteiger partial charge in [-0.05, 0) is 55.1 Å². The van der Waals surface area contributed by atoms with Crippen LogP contribution >= 0.6 is 12.2 Å². The topological polar surface area (TPSA) is 73.2 Å². The summed E-state index contributed by atoms with van der Waals surface area (Å²) >= 11 is 5.08. The monoisotopic (exact) mass is 416 g/mol. The smallest absolute Gasteiger partial charge is 0.253 e. The Morgan fingerprint density at radius 3 is 2.69 bits per heavy atom. The van der Waals surface area contributed by atoms with Gasteiger partial charge < -0.3 is 20.0 Å². The van der Waals surface area contributed by atoms with E-state index in [1.165, 1.54) is 12.1 Å². The molecule has 8 heteroatoms. The van der Waals surface area contributed by atoms with E-state index < -0.39 is 5.82 Å². The minimum absolute atomic E-state index is 0.0437. The molecule has 0 fully saturated rings. The molecule has 1 atom stereocenters. The van der Waals surface area contributed by atoms with Crippen LogP contribution in [0.15, 0.2) is 36.4 Å². The van der Waals surface area contributed by atoms with Crippen LogP contribution in [0.25, 0.3) is 11.0 Å². The van der Waals surface area contributed by atoms with Crippen molar-refractivity contribution in [3.63, 3.8) is 0 Å². The molecule has 3 aromatic rings. The summed E-state index contributed by atoms with van der Waals surface area (Å²) in [5, 5.41) is 2.96. The number of likely N-dealkylation sites (N-methyl/N-ethyl adjacent to an activating group) is 1. The molecule has 2 aromatic carbocycles. The van der Waals surface area contributed by atoms with E-state index in [0.717, 1.165) is 24.4 Å². The van der Waals surface area contributed by atoms with Crippen LogP contribution in [0.3, 0.4) is 0 Å². The first-order chi connectivity index (χ1) is 14.0. The molecule has 1 unspecified atom stereocenters. The number of hydrogen-bond acceptors (Lipinski definition) is 4. The van der Waals surface area contributed by atoms with Gasteiger partial charge in [0.05, 0.1) is 29.7 Å². The zero-order valence-electron chi connectivity index (χ0n) is 16.7. The highest BCUT2D eigenvalue weighted by Gasteiger charge is 2.21. The molecule has 154 valence electrons. The number of imidazole rings is 1. The summed E-state index contributed by atoms with van der Waals surface area (Å²) in [5.41, 5.74) is 2.22. The van der Waals surface area contributed by atoms with Crippen molar-refractivity contribution in [1.82, 2.24) is 20.2 Å². The zero-order valence-corrected chi connectivity index (χ0v) is 17.5. The number of aromatic amines is 2. The van der Waals surface area contributed by atoms with Gasteiger partial charge in [0.1, 0.15) is 11.6 Å². The summed E-state index contributed by atoms with van der Waals surface area (Å²) in [6.45, 7) is 6.17. The van der Waals surface area contributed by atoms with Crippen LogP contribution in [-0.4, -0.2) is 47.5 Å². The fourth-order valence-electron chi connectivity index (χ4n) is 3.54. The van der Waals surface area contributed by atoms with Crippen LogP contribution in [-0.2, 0) is 0 Å². The lowest BCUT2D eigenvalue weighted by molar-refractivity contribution is 0.0936. The number of halogens is 1. The maximum atomic E-state index is 14.0. The molecule has 0 saturated carbocycles. The van der Waals surface area contributed by atoms with Gasteiger partial charge >= 0.3 is 0 Å². The number of ether oxygens (including phenoxy) is 1. The van der Waals surface area contributed by atoms with Crippen LogP contribution in [0.2, 0.25) is 0 Å². The largest absolute Gasteiger partial charge is 0.497 e. The number of nitrogens with zero attached hydrogens (tertiary/aromatic N) is 1. The van der Waals surface area contributed by atoms with Crippen molar-refractivity contribution in [1.29, 1.82) is 0 Å². The third-order valence-electron chi connectivity index (χ3n) is 5.02. The minimum Gasteiger partial charge on any atom is -0.497 e. The highest BCUT2D eigenvalue weighted by atomic mass is 32.1. The molecule has 0 spiro atoms. The Kier molecular flexibility index (Phi) is 6.66. The third-order valence-corrected chi connectivity index (χ3v) is 5.23. The number of benzene rings is 2. The first-order valence-electron chi connectivity index (χ1n) is 9.54. The average Bonchev–Trinajstić information content (AvgIpc) is 3.10. The van der Waals surface area contributed by atoms with Gasteiger partial charge in [0, 0.05) is 6.54 Å². The molecule has 0 aliphatic rings. The minimum atomic E-state index is -0.499. The highest BCUT2D eigenvalue weighted by molar-refractivity contribution is 7.71. The molecule has 3 N–H and O–H groups in total. The number of hydrogen-bond donors (Lipinski definition) is 3. The van der Waals surface area contributed by atoms with Crippen molar-refractivity contribution in [2.45, 2.75) is 19.9 Å². The van der Waals surface area contributed by atoms with Gasteiger partial charge in [-0.2, -0.15) is 0 Å². The van der Waals surface area contributed by atoms with Crippen molar-refractivity contribution >= 4 is 29.2 Å². The molecule has 1 aromatic heterocycles. The summed E-state index contributed by atoms with van der Waals surface area (Å²) in [6.07, 6.45) is 0. The second-order valence-electron chi connectivity index (χ2n) is 6.68. The molecule has 1 amide bonds. The molecule has 29 heavy (non-hydrogen) atoms. The number of H-pyrrole nitrogens is 2. The van der Waals surface area contributed by atoms with Crippen LogP contribution in [0.4, 0.5) is 4.39 Å². The Morgan fingerprint density at radius 2 is 2.00 bits per heavy atom. The Bertz CT molecular complexity index is 1060. The number of nitrogens with one attached hydrogen (secondary N) is 3. The molecule has 1 heterocycles. The number of methoxy groups -OCH3 is 1. The molecule has 0 saturated heterocycles. The van der Waals surface area contributed by atoms with Gasteiger partial charge in [-0.15, -0.1) is 0 Å². The van der Waals surface area contributed by atoms with Crippen molar-refractivity contribution in [2.75, 3.05) is 26.7 Å². The van der Waals surface area contributed by atoms with E-state index in [1.54, 1.807) is 7.11 Å². The van der Waals surface area contributed by atoms with Crippen LogP contribution in [0, 0.1) is 10.6 Å². The number of carbonyl (C=O) groups is 1. The molecule has 0 radical (unpaired) electrons. The van der Waals surface area contributed by atoms with Gasteiger partial charge in [-0.25, -0.2) is 4.39 Å². The third kappa shape index (κ3) is 4.65. The molecule has 6 nitrogen and oxygen atoms in total. The predicted octanol–water partition coefficient (Wildman–Crippen LogP) is 4.19. The highest BCUT2D eigenvalue weighted by Crippen LogP contribution is 2.24. The van der Waals surface area contributed by atoms with Crippen LogP contribution < -0.4 is 10.1 Å². The Morgan fingerprint density at radius 1 is 1.24 bits per heavy atom. The van der Waals surface area contributed by atoms with E-state index in [-0.39, 0.29) is 17.5 Å². The van der Waals surface area contributed by atoms with E-state index in [9.17, 15) is 9.18 Å². The second-order valence-corrected chi connectivity index (χ2v) is 7.09. The molecule has 0 aliphatic heterocycles. The summed E-state index contributed by atoms with van der Waals surface area (Å²) in [5.74, 6) is -0.0986. The maximum Gasteiger partial charge on any atom is 0.253 e. The van der Waals surface area contributed by atoms with Crippen molar-refractivity contribution in [3.05, 3.63) is 58.1 Å². The van der Waals surface area contributed by atoms with E-state index in [1.807, 2.05) is 24.3 Å². The summed E-state index contributed by atoms with van der Waals surface area (Å²) < 4.78 is 19.7. The van der Waals surface area contributed by atoms with Gasteiger partial charge in [0.2, 0.25) is 0 Å². The van der Waals surface area contributed by atoms with E-state index >= 15 is 0 Å². The summed E-state index contributed by atoms with van der Waals surface area (Å²) in [7, 11) is 1.63. The van der Waals surface area contributed by atoms with Crippen LogP contribution in [0.5, 0.6) is 5.75 Å². The van der Waals surface area contributed by atoms with Gasteiger partial charge in [0.15, 0.2) is 4.77 Å². The number of carbonyl (C=O) groups excluding carboxylic acids is 1. The van der Waals surface area contributed by atoms with Crippen molar-refractivity contribution in [2.24, 2.45) is 0 Å². The fraction of sp³-hybridized carbons (Fsp3) is 0.333. The number of amides is 1. The van der Waals surface area contributed by atoms with Gasteiger partial charge in [-0.1, -0.05) is 26.0 Å². The van der Waals surface area contributed by atoms with Crippen molar-refractivity contribution < 1.29 is 13.9 Å². The Hall–Kier alpha value is -2.71. The van der Waals surface area contributed by atoms with Gasteiger partial charge in [-0.3, -0.25) is 9.69 Å². The van der Waals surface area contributed by atoms with E-state index in [2.05, 4.69) is 34.0 Å². The predicted molar refractivity (Wildman–Crippen MR) is 114 cm³/mol. The zero-order chi connectivity index (χ0) is 21.0. The quantitative estimate of drug-likeness (QED) is 0.482. The molecule has 3 rings (SSSR count). The first kappa shape index (κ1) is 21.0. The van der Waals surface area contributed by atoms with E-state index in [0.29, 0.717) is 22.3 Å². The normalized spacial score (nSPS) is 12.3. The van der Waals surface area contributed by atoms with Crippen molar-refractivity contribution in [3.8, 4) is 5.75 Å². The average molecular weight is 417 g/mol. The molecular weight excluding hydrogens is 391 g/mol. The lowest BCUT2D eigenvalue weighted by Gasteiger charge is -2.30. The van der Waals surface area contributed by atoms with E-state index in [4.69, 9.17) is 17.0 Å². The summed E-state index contributed by atoms with van der Waals surface area (Å²) in [6, 6.07) is 10.3. The fourth-order valence-corrected chi connectivity index (χ4v) is 3.75. The lowest BCUT2D eigenvalue weighted by Crippen LogP contribution is -2.38. The van der Waals surface area contributed by atoms with Crippen LogP contribution in [0.1, 0.15) is 35.8 Å².